The van der Waals surface area contributed by atoms with Gasteiger partial charge < -0.3 is 31.2 Å². The fraction of sp³-hybridized carbons (Fsp3) is 0.407. The minimum atomic E-state index is -4.41. The molecular weight excluding hydrogens is 507 g/mol. The summed E-state index contributed by atoms with van der Waals surface area (Å²) in [5, 5.41) is 14.3. The molecule has 9 nitrogen and oxygen atoms in total. The summed E-state index contributed by atoms with van der Waals surface area (Å²) in [6.07, 6.45) is 2.67. The third-order valence-electron chi connectivity index (χ3n) is 6.66. The Morgan fingerprint density at radius 1 is 1.15 bits per heavy atom. The van der Waals surface area contributed by atoms with Crippen molar-refractivity contribution >= 4 is 45.9 Å². The minimum Gasteiger partial charge on any atom is -0.398 e. The minimum absolute atomic E-state index is 0.228. The number of benzene rings is 1. The van der Waals surface area contributed by atoms with Crippen LogP contribution >= 0.6 is 0 Å². The normalized spacial score (nSPS) is 15.8. The summed E-state index contributed by atoms with van der Waals surface area (Å²) in [6.45, 7) is 2.01. The van der Waals surface area contributed by atoms with Crippen molar-refractivity contribution < 1.29 is 13.2 Å². The van der Waals surface area contributed by atoms with Crippen LogP contribution in [0.15, 0.2) is 46.5 Å². The van der Waals surface area contributed by atoms with Gasteiger partial charge in [-0.25, -0.2) is 9.98 Å². The molecule has 12 heteroatoms. The highest BCUT2D eigenvalue weighted by atomic mass is 19.4. The zero-order chi connectivity index (χ0) is 28.0. The lowest BCUT2D eigenvalue weighted by molar-refractivity contribution is -0.139. The van der Waals surface area contributed by atoms with Crippen LogP contribution in [0.3, 0.4) is 0 Å². The maximum Gasteiger partial charge on any atom is 0.406 e. The molecule has 3 aromatic rings. The van der Waals surface area contributed by atoms with Gasteiger partial charge in [0.1, 0.15) is 12.4 Å². The zero-order valence-corrected chi connectivity index (χ0v) is 22.1. The molecule has 0 saturated carbocycles. The second-order valence-electron chi connectivity index (χ2n) is 9.56. The average Bonchev–Trinajstić information content (AvgIpc) is 3.52. The molecule has 0 atom stereocenters. The lowest BCUT2D eigenvalue weighted by Gasteiger charge is -2.20. The number of amidine groups is 1. The number of alkyl halides is 3. The number of aromatic nitrogens is 2. The number of hydrogen-bond donors (Lipinski definition) is 4. The largest absolute Gasteiger partial charge is 0.406 e. The molecule has 0 spiro atoms. The quantitative estimate of drug-likeness (QED) is 0.257. The van der Waals surface area contributed by atoms with Crippen molar-refractivity contribution in [1.29, 1.82) is 5.41 Å². The Morgan fingerprint density at radius 2 is 1.92 bits per heavy atom. The Bertz CT molecular complexity index is 1370. The van der Waals surface area contributed by atoms with E-state index in [1.165, 1.54) is 38.6 Å². The van der Waals surface area contributed by atoms with Gasteiger partial charge in [-0.15, -0.1) is 0 Å². The molecule has 39 heavy (non-hydrogen) atoms. The third-order valence-corrected chi connectivity index (χ3v) is 6.66. The van der Waals surface area contributed by atoms with Crippen molar-refractivity contribution in [2.24, 2.45) is 9.98 Å². The number of fused-ring (bicyclic) bond motifs is 1. The first-order chi connectivity index (χ1) is 18.7. The Hall–Kier alpha value is -3.93. The van der Waals surface area contributed by atoms with Crippen LogP contribution in [0.5, 0.6) is 0 Å². The topological polar surface area (TPSA) is 120 Å². The van der Waals surface area contributed by atoms with Crippen molar-refractivity contribution in [2.75, 3.05) is 56.6 Å². The highest BCUT2D eigenvalue weighted by molar-refractivity contribution is 6.14. The number of nitrogens with two attached hydrogens (primary N) is 1. The van der Waals surface area contributed by atoms with Gasteiger partial charge >= 0.3 is 6.18 Å². The molecule has 1 fully saturated rings. The van der Waals surface area contributed by atoms with E-state index in [-0.39, 0.29) is 24.6 Å². The highest BCUT2D eigenvalue weighted by Gasteiger charge is 2.31. The van der Waals surface area contributed by atoms with E-state index in [9.17, 15) is 13.2 Å². The van der Waals surface area contributed by atoms with Crippen LogP contribution in [0.2, 0.25) is 0 Å². The van der Waals surface area contributed by atoms with Gasteiger partial charge in [0.2, 0.25) is 0 Å². The number of nitrogens with one attached hydrogen (secondary N) is 3. The molecule has 5 N–H and O–H groups in total. The molecule has 2 aromatic heterocycles. The number of nitrogen functional groups attached to an aromatic ring is 1. The van der Waals surface area contributed by atoms with E-state index in [1.807, 2.05) is 0 Å². The van der Waals surface area contributed by atoms with Crippen LogP contribution in [0.25, 0.3) is 10.9 Å². The Morgan fingerprint density at radius 3 is 2.56 bits per heavy atom. The number of halogens is 3. The number of pyridine rings is 1. The van der Waals surface area contributed by atoms with Crippen LogP contribution in [0, 0.1) is 5.41 Å². The molecule has 1 saturated heterocycles. The van der Waals surface area contributed by atoms with E-state index >= 15 is 0 Å². The molecule has 0 amide bonds. The molecule has 4 heterocycles. The highest BCUT2D eigenvalue weighted by Crippen LogP contribution is 2.30. The summed E-state index contributed by atoms with van der Waals surface area (Å²) in [7, 11) is 3.94. The van der Waals surface area contributed by atoms with Crippen LogP contribution in [-0.4, -0.2) is 78.7 Å². The standard InChI is InChI=1S/C21H21F3N8.C6H13N/c1-27-16-5-6-28-19(14(16)8-25)29-9-12-10-30-20(31-12)18-7-13-15(26)3-2-4-17(13)32(18)11-21(22,23)24;1-7-5-3-2-4-6-7/h2-8,25H,9-11,26H2,1H3,(H2,27,28,29);2-6H2,1H3. The van der Waals surface area contributed by atoms with Gasteiger partial charge in [0.15, 0.2) is 5.84 Å². The van der Waals surface area contributed by atoms with Crippen LogP contribution in [0.4, 0.5) is 30.4 Å². The van der Waals surface area contributed by atoms with E-state index < -0.39 is 12.7 Å². The van der Waals surface area contributed by atoms with Gasteiger partial charge in [0, 0.05) is 36.2 Å². The lowest BCUT2D eigenvalue weighted by Crippen LogP contribution is -2.24. The van der Waals surface area contributed by atoms with Gasteiger partial charge in [-0.05, 0) is 57.2 Å². The lowest BCUT2D eigenvalue weighted by atomic mass is 10.1. The SMILES string of the molecule is CN1CCCCC1.CNc1ccnc(NCC2=NC(c3cc4c(N)cccc4n3CC(F)(F)F)=NC2)c1C=N. The molecule has 2 aliphatic rings. The van der Waals surface area contributed by atoms with Crippen molar-refractivity contribution in [3.05, 3.63) is 47.8 Å². The fourth-order valence-electron chi connectivity index (χ4n) is 4.68. The predicted octanol–water partition coefficient (Wildman–Crippen LogP) is 4.64. The van der Waals surface area contributed by atoms with Crippen molar-refractivity contribution in [1.82, 2.24) is 14.5 Å². The number of anilines is 3. The maximum atomic E-state index is 13.3. The third kappa shape index (κ3) is 6.94. The second-order valence-corrected chi connectivity index (χ2v) is 9.56. The van der Waals surface area contributed by atoms with Crippen molar-refractivity contribution in [2.45, 2.75) is 32.0 Å². The second kappa shape index (κ2) is 12.3. The van der Waals surface area contributed by atoms with Crippen molar-refractivity contribution in [3.8, 4) is 0 Å². The van der Waals surface area contributed by atoms with E-state index in [0.717, 1.165) is 10.3 Å². The number of aliphatic imine (C=N–C) groups is 2. The molecule has 0 bridgehead atoms. The zero-order valence-electron chi connectivity index (χ0n) is 22.1. The molecule has 0 aliphatic carbocycles. The molecule has 0 unspecified atom stereocenters. The monoisotopic (exact) mass is 541 g/mol. The first-order valence-corrected chi connectivity index (χ1v) is 12.9. The van der Waals surface area contributed by atoms with Crippen LogP contribution in [-0.2, 0) is 6.54 Å². The molecule has 2 aliphatic heterocycles. The Labute approximate surface area is 225 Å². The van der Waals surface area contributed by atoms with Crippen LogP contribution < -0.4 is 16.4 Å². The molecule has 1 aromatic carbocycles. The van der Waals surface area contributed by atoms with Crippen LogP contribution in [0.1, 0.15) is 30.5 Å². The first kappa shape index (κ1) is 28.1. The summed E-state index contributed by atoms with van der Waals surface area (Å²) in [6, 6.07) is 8.22. The van der Waals surface area contributed by atoms with E-state index in [0.29, 0.717) is 33.7 Å². The Kier molecular flexibility index (Phi) is 8.85. The fourth-order valence-corrected chi connectivity index (χ4v) is 4.68. The summed E-state index contributed by atoms with van der Waals surface area (Å²) in [4.78, 5) is 15.5. The average molecular weight is 542 g/mol. The summed E-state index contributed by atoms with van der Waals surface area (Å²) < 4.78 is 40.9. The van der Waals surface area contributed by atoms with Crippen molar-refractivity contribution in [3.63, 3.8) is 0 Å². The number of likely N-dealkylation sites (tertiary alicyclic amines) is 1. The number of rotatable bonds is 7. The Balaban J connectivity index is 0.000000438. The number of nitrogens with zero attached hydrogens (tertiary/aromatic N) is 5. The maximum absolute atomic E-state index is 13.3. The smallest absolute Gasteiger partial charge is 0.398 e. The van der Waals surface area contributed by atoms with Gasteiger partial charge in [-0.3, -0.25) is 4.99 Å². The first-order valence-electron chi connectivity index (χ1n) is 12.9. The number of hydrogen-bond acceptors (Lipinski definition) is 8. The van der Waals surface area contributed by atoms with E-state index in [2.05, 4.69) is 37.5 Å². The predicted molar refractivity (Wildman–Crippen MR) is 153 cm³/mol. The van der Waals surface area contributed by atoms with E-state index in [1.54, 1.807) is 43.6 Å². The molecule has 5 rings (SSSR count). The van der Waals surface area contributed by atoms with E-state index in [4.69, 9.17) is 11.1 Å². The molecule has 208 valence electrons. The summed E-state index contributed by atoms with van der Waals surface area (Å²) in [5.74, 6) is 0.729. The van der Waals surface area contributed by atoms with Gasteiger partial charge in [0.25, 0.3) is 0 Å². The number of piperidine rings is 1. The molecular formula is C27H34F3N9. The molecule has 0 radical (unpaired) electrons. The summed E-state index contributed by atoms with van der Waals surface area (Å²) >= 11 is 0. The van der Waals surface area contributed by atoms with Gasteiger partial charge in [-0.1, -0.05) is 12.5 Å². The van der Waals surface area contributed by atoms with Gasteiger partial charge in [0.05, 0.1) is 35.6 Å². The summed E-state index contributed by atoms with van der Waals surface area (Å²) in [5.41, 5.74) is 9.00. The van der Waals surface area contributed by atoms with Gasteiger partial charge in [-0.2, -0.15) is 13.2 Å².